The third-order valence-corrected chi connectivity index (χ3v) is 2.72. The van der Waals surface area contributed by atoms with Gasteiger partial charge in [0.15, 0.2) is 12.4 Å². The Morgan fingerprint density at radius 3 is 2.39 bits per heavy atom. The number of esters is 1. The fourth-order valence-electron chi connectivity index (χ4n) is 1.93. The summed E-state index contributed by atoms with van der Waals surface area (Å²) in [7, 11) is 1.41. The van der Waals surface area contributed by atoms with Crippen molar-refractivity contribution in [3.63, 3.8) is 0 Å². The molecule has 1 rings (SSSR count). The van der Waals surface area contributed by atoms with E-state index in [0.29, 0.717) is 0 Å². The first-order valence-electron chi connectivity index (χ1n) is 5.67. The third-order valence-electron chi connectivity index (χ3n) is 2.72. The van der Waals surface area contributed by atoms with Gasteiger partial charge in [-0.1, -0.05) is 0 Å². The van der Waals surface area contributed by atoms with E-state index in [1.807, 2.05) is 0 Å². The molecule has 1 fully saturated rings. The van der Waals surface area contributed by atoms with Gasteiger partial charge in [0, 0.05) is 21.0 Å². The van der Waals surface area contributed by atoms with E-state index < -0.39 is 36.6 Å². The van der Waals surface area contributed by atoms with E-state index in [1.54, 1.807) is 6.92 Å². The number of aliphatic hydroxyl groups excluding tert-OH is 1. The summed E-state index contributed by atoms with van der Waals surface area (Å²) < 4.78 is 15.5. The number of carbonyl (C=O) groups excluding carboxylic acids is 2. The van der Waals surface area contributed by atoms with Crippen molar-refractivity contribution < 1.29 is 28.9 Å². The van der Waals surface area contributed by atoms with Crippen molar-refractivity contribution in [2.75, 3.05) is 7.11 Å². The van der Waals surface area contributed by atoms with E-state index in [1.165, 1.54) is 21.0 Å². The number of hydrogen-bond acceptors (Lipinski definition) is 6. The molecule has 1 amide bonds. The largest absolute Gasteiger partial charge is 0.457 e. The molecule has 0 aromatic heterocycles. The smallest absolute Gasteiger partial charge is 0.303 e. The van der Waals surface area contributed by atoms with Crippen LogP contribution in [0.25, 0.3) is 0 Å². The number of ether oxygens (including phenoxy) is 3. The van der Waals surface area contributed by atoms with E-state index in [0.717, 1.165) is 0 Å². The van der Waals surface area contributed by atoms with Crippen LogP contribution >= 0.6 is 0 Å². The van der Waals surface area contributed by atoms with Crippen LogP contribution in [0.1, 0.15) is 20.8 Å². The lowest BCUT2D eigenvalue weighted by atomic mass is 9.97. The second-order valence-corrected chi connectivity index (χ2v) is 4.24. The Hall–Kier alpha value is -1.18. The van der Waals surface area contributed by atoms with Gasteiger partial charge in [0.05, 0.1) is 6.10 Å². The maximum atomic E-state index is 11.1. The van der Waals surface area contributed by atoms with Crippen LogP contribution in [0.15, 0.2) is 0 Å². The number of aliphatic hydroxyl groups is 1. The van der Waals surface area contributed by atoms with Crippen LogP contribution in [-0.2, 0) is 23.8 Å². The third kappa shape index (κ3) is 3.41. The Labute approximate surface area is 105 Å². The van der Waals surface area contributed by atoms with E-state index in [9.17, 15) is 14.7 Å². The van der Waals surface area contributed by atoms with Gasteiger partial charge >= 0.3 is 5.97 Å². The van der Waals surface area contributed by atoms with Crippen LogP contribution in [0.3, 0.4) is 0 Å². The lowest BCUT2D eigenvalue weighted by molar-refractivity contribution is -0.256. The standard InChI is InChI=1S/C11H19NO6/c1-5-9(15)10(18-7(3)14)8(12-6(2)13)11(16-4)17-5/h5,8-11,15H,1-4H3,(H,12,13)/t5-,8-,9-,10-,11+/m1/s1. The highest BCUT2D eigenvalue weighted by atomic mass is 16.7. The molecule has 2 N–H and O–H groups in total. The first kappa shape index (κ1) is 14.9. The molecule has 1 aliphatic heterocycles. The van der Waals surface area contributed by atoms with Crippen LogP contribution in [-0.4, -0.2) is 54.7 Å². The van der Waals surface area contributed by atoms with Gasteiger partial charge in [-0.15, -0.1) is 0 Å². The summed E-state index contributed by atoms with van der Waals surface area (Å²) in [5, 5.41) is 12.5. The zero-order valence-corrected chi connectivity index (χ0v) is 10.9. The van der Waals surface area contributed by atoms with E-state index >= 15 is 0 Å². The predicted octanol–water partition coefficient (Wildman–Crippen LogP) is -0.825. The Kier molecular flexibility index (Phi) is 5.06. The molecule has 1 saturated heterocycles. The van der Waals surface area contributed by atoms with E-state index in [-0.39, 0.29) is 5.91 Å². The lowest BCUT2D eigenvalue weighted by Gasteiger charge is -2.42. The first-order valence-corrected chi connectivity index (χ1v) is 5.67. The minimum atomic E-state index is -1.03. The summed E-state index contributed by atoms with van der Waals surface area (Å²) in [4.78, 5) is 22.2. The quantitative estimate of drug-likeness (QED) is 0.644. The van der Waals surface area contributed by atoms with Gasteiger partial charge in [-0.25, -0.2) is 0 Å². The van der Waals surface area contributed by atoms with E-state index in [4.69, 9.17) is 14.2 Å². The first-order chi connectivity index (χ1) is 8.36. The molecule has 0 aliphatic carbocycles. The average Bonchev–Trinajstić information content (AvgIpc) is 2.27. The highest BCUT2D eigenvalue weighted by Crippen LogP contribution is 2.24. The molecule has 0 bridgehead atoms. The molecule has 0 aromatic rings. The van der Waals surface area contributed by atoms with Crippen molar-refractivity contribution in [2.45, 2.75) is 51.4 Å². The predicted molar refractivity (Wildman–Crippen MR) is 60.5 cm³/mol. The van der Waals surface area contributed by atoms with Crippen molar-refractivity contribution >= 4 is 11.9 Å². The monoisotopic (exact) mass is 261 g/mol. The second-order valence-electron chi connectivity index (χ2n) is 4.24. The number of nitrogens with one attached hydrogen (secondary N) is 1. The second kappa shape index (κ2) is 6.12. The highest BCUT2D eigenvalue weighted by molar-refractivity contribution is 5.73. The van der Waals surface area contributed by atoms with Crippen molar-refractivity contribution in [3.05, 3.63) is 0 Å². The summed E-state index contributed by atoms with van der Waals surface area (Å²) >= 11 is 0. The Balaban J connectivity index is 2.92. The summed E-state index contributed by atoms with van der Waals surface area (Å²) in [6.45, 7) is 4.19. The molecular weight excluding hydrogens is 242 g/mol. The zero-order valence-electron chi connectivity index (χ0n) is 10.9. The summed E-state index contributed by atoms with van der Waals surface area (Å²) in [5.41, 5.74) is 0. The maximum Gasteiger partial charge on any atom is 0.303 e. The summed E-state index contributed by atoms with van der Waals surface area (Å²) in [6, 6.07) is -0.748. The highest BCUT2D eigenvalue weighted by Gasteiger charge is 2.46. The maximum absolute atomic E-state index is 11.1. The molecular formula is C11H19NO6. The number of amides is 1. The van der Waals surface area contributed by atoms with Gasteiger partial charge in [0.25, 0.3) is 0 Å². The fourth-order valence-corrected chi connectivity index (χ4v) is 1.93. The molecule has 5 atom stereocenters. The van der Waals surface area contributed by atoms with Gasteiger partial charge in [0.2, 0.25) is 5.91 Å². The van der Waals surface area contributed by atoms with Crippen LogP contribution in [0.2, 0.25) is 0 Å². The fraction of sp³-hybridized carbons (Fsp3) is 0.818. The average molecular weight is 261 g/mol. The molecule has 0 aromatic carbocycles. The molecule has 0 unspecified atom stereocenters. The van der Waals surface area contributed by atoms with Gasteiger partial charge in [-0.05, 0) is 6.92 Å². The zero-order chi connectivity index (χ0) is 13.9. The number of methoxy groups -OCH3 is 1. The van der Waals surface area contributed by atoms with Gasteiger partial charge in [0.1, 0.15) is 12.1 Å². The van der Waals surface area contributed by atoms with Crippen LogP contribution in [0, 0.1) is 0 Å². The molecule has 0 saturated carbocycles. The molecule has 1 heterocycles. The van der Waals surface area contributed by atoms with Gasteiger partial charge in [-0.2, -0.15) is 0 Å². The molecule has 1 aliphatic rings. The van der Waals surface area contributed by atoms with E-state index in [2.05, 4.69) is 5.32 Å². The summed E-state index contributed by atoms with van der Waals surface area (Å²) in [6.07, 6.45) is -3.28. The molecule has 0 radical (unpaired) electrons. The number of hydrogen-bond donors (Lipinski definition) is 2. The van der Waals surface area contributed by atoms with Crippen molar-refractivity contribution in [1.29, 1.82) is 0 Å². The van der Waals surface area contributed by atoms with Crippen molar-refractivity contribution in [3.8, 4) is 0 Å². The van der Waals surface area contributed by atoms with Crippen LogP contribution < -0.4 is 5.32 Å². The minimum absolute atomic E-state index is 0.329. The topological polar surface area (TPSA) is 94.1 Å². The summed E-state index contributed by atoms with van der Waals surface area (Å²) in [5.74, 6) is -0.872. The van der Waals surface area contributed by atoms with Crippen molar-refractivity contribution in [1.82, 2.24) is 5.32 Å². The van der Waals surface area contributed by atoms with Crippen molar-refractivity contribution in [2.24, 2.45) is 0 Å². The molecule has 7 nitrogen and oxygen atoms in total. The lowest BCUT2D eigenvalue weighted by Crippen LogP contribution is -2.64. The van der Waals surface area contributed by atoms with Crippen LogP contribution in [0.4, 0.5) is 0 Å². The number of rotatable bonds is 3. The van der Waals surface area contributed by atoms with Gasteiger partial charge < -0.3 is 24.6 Å². The Morgan fingerprint density at radius 1 is 1.33 bits per heavy atom. The number of carbonyl (C=O) groups is 2. The van der Waals surface area contributed by atoms with Crippen LogP contribution in [0.5, 0.6) is 0 Å². The van der Waals surface area contributed by atoms with Gasteiger partial charge in [-0.3, -0.25) is 9.59 Å². The SMILES string of the molecule is CO[C@H]1O[C@H](C)[C@@H](O)[C@H](OC(C)=O)[C@H]1NC(C)=O. The normalized spacial score (nSPS) is 35.9. The Morgan fingerprint density at radius 2 is 1.94 bits per heavy atom. The molecule has 18 heavy (non-hydrogen) atoms. The molecule has 7 heteroatoms. The molecule has 104 valence electrons. The Bertz CT molecular complexity index is 305. The minimum Gasteiger partial charge on any atom is -0.457 e. The molecule has 0 spiro atoms.